The van der Waals surface area contributed by atoms with Gasteiger partial charge in [0.05, 0.1) is 5.75 Å². The van der Waals surface area contributed by atoms with Crippen molar-refractivity contribution in [3.8, 4) is 0 Å². The van der Waals surface area contributed by atoms with Gasteiger partial charge in [0, 0.05) is 22.9 Å². The van der Waals surface area contributed by atoms with Crippen LogP contribution in [0, 0.1) is 5.82 Å². The van der Waals surface area contributed by atoms with E-state index in [0.29, 0.717) is 17.1 Å². The van der Waals surface area contributed by atoms with Crippen LogP contribution in [0.1, 0.15) is 6.42 Å². The van der Waals surface area contributed by atoms with Crippen molar-refractivity contribution in [1.29, 1.82) is 0 Å². The molecule has 18 heavy (non-hydrogen) atoms. The highest BCUT2D eigenvalue weighted by molar-refractivity contribution is 7.99. The minimum Gasteiger partial charge on any atom is -0.316 e. The minimum atomic E-state index is -2.94. The van der Waals surface area contributed by atoms with Crippen LogP contribution in [0.5, 0.6) is 0 Å². The van der Waals surface area contributed by atoms with Crippen molar-refractivity contribution in [2.45, 2.75) is 17.4 Å². The molecule has 0 aliphatic carbocycles. The van der Waals surface area contributed by atoms with Crippen LogP contribution in [0.4, 0.5) is 4.39 Å². The van der Waals surface area contributed by atoms with E-state index in [1.807, 2.05) is 0 Å². The highest BCUT2D eigenvalue weighted by Gasteiger charge is 2.12. The molecule has 3 nitrogen and oxygen atoms in total. The molecule has 0 aliphatic heterocycles. The van der Waals surface area contributed by atoms with Crippen LogP contribution in [-0.2, 0) is 9.84 Å². The van der Waals surface area contributed by atoms with E-state index in [1.54, 1.807) is 25.2 Å². The van der Waals surface area contributed by atoms with Crippen molar-refractivity contribution in [3.63, 3.8) is 0 Å². The zero-order valence-electron chi connectivity index (χ0n) is 10.5. The number of nitrogens with one attached hydrogen (secondary N) is 1. The summed E-state index contributed by atoms with van der Waals surface area (Å²) in [5.74, 6) is 0.559. The van der Waals surface area contributed by atoms with Crippen molar-refractivity contribution < 1.29 is 12.8 Å². The summed E-state index contributed by atoms with van der Waals surface area (Å²) in [6, 6.07) is 6.65. The van der Waals surface area contributed by atoms with Gasteiger partial charge < -0.3 is 5.32 Å². The maximum atomic E-state index is 13.4. The van der Waals surface area contributed by atoms with Crippen LogP contribution < -0.4 is 5.32 Å². The Kier molecular flexibility index (Phi) is 6.11. The van der Waals surface area contributed by atoms with Crippen LogP contribution in [0.2, 0.25) is 0 Å². The van der Waals surface area contributed by atoms with E-state index in [1.165, 1.54) is 24.1 Å². The van der Waals surface area contributed by atoms with Crippen LogP contribution in [0.15, 0.2) is 29.2 Å². The minimum absolute atomic E-state index is 0.0596. The zero-order chi connectivity index (χ0) is 13.6. The molecule has 0 radical (unpaired) electrons. The summed E-state index contributed by atoms with van der Waals surface area (Å²) in [5.41, 5.74) is 0. The Bertz CT molecular complexity index is 477. The molecule has 0 amide bonds. The smallest absolute Gasteiger partial charge is 0.147 e. The number of halogens is 1. The lowest BCUT2D eigenvalue weighted by atomic mass is 10.3. The summed E-state index contributed by atoms with van der Waals surface area (Å²) in [6.45, 7) is 0. The number of hydrogen-bond donors (Lipinski definition) is 1. The fraction of sp³-hybridized carbons (Fsp3) is 0.500. The first-order valence-electron chi connectivity index (χ1n) is 5.64. The molecule has 1 aromatic rings. The van der Waals surface area contributed by atoms with Crippen LogP contribution in [0.3, 0.4) is 0 Å². The van der Waals surface area contributed by atoms with Gasteiger partial charge in [0.2, 0.25) is 0 Å². The number of sulfone groups is 1. The fourth-order valence-electron chi connectivity index (χ4n) is 1.42. The summed E-state index contributed by atoms with van der Waals surface area (Å²) in [7, 11) is -1.16. The maximum Gasteiger partial charge on any atom is 0.147 e. The second-order valence-corrected chi connectivity index (χ2v) is 7.47. The van der Waals surface area contributed by atoms with Crippen molar-refractivity contribution >= 4 is 21.6 Å². The molecule has 0 bridgehead atoms. The largest absolute Gasteiger partial charge is 0.316 e. The number of benzene rings is 1. The van der Waals surface area contributed by atoms with E-state index < -0.39 is 9.84 Å². The van der Waals surface area contributed by atoms with Gasteiger partial charge in [-0.05, 0) is 25.6 Å². The Labute approximate surface area is 112 Å². The van der Waals surface area contributed by atoms with Crippen molar-refractivity contribution in [2.75, 3.05) is 24.8 Å². The van der Waals surface area contributed by atoms with Gasteiger partial charge in [0.1, 0.15) is 15.7 Å². The molecule has 0 saturated heterocycles. The molecule has 0 spiro atoms. The topological polar surface area (TPSA) is 46.2 Å². The van der Waals surface area contributed by atoms with E-state index >= 15 is 0 Å². The third kappa shape index (κ3) is 5.84. The highest BCUT2D eigenvalue weighted by atomic mass is 32.2. The fourth-order valence-corrected chi connectivity index (χ4v) is 3.23. The van der Waals surface area contributed by atoms with Gasteiger partial charge in [-0.1, -0.05) is 12.1 Å². The SMILES string of the molecule is CNC(CCS(C)(=O)=O)CSc1ccccc1F. The van der Waals surface area contributed by atoms with E-state index in [2.05, 4.69) is 5.32 Å². The van der Waals surface area contributed by atoms with E-state index in [0.717, 1.165) is 0 Å². The summed E-state index contributed by atoms with van der Waals surface area (Å²) in [5, 5.41) is 3.06. The van der Waals surface area contributed by atoms with Gasteiger partial charge >= 0.3 is 0 Å². The number of hydrogen-bond acceptors (Lipinski definition) is 4. The van der Waals surface area contributed by atoms with Crippen LogP contribution in [-0.4, -0.2) is 39.3 Å². The Morgan fingerprint density at radius 3 is 2.61 bits per heavy atom. The molecule has 0 heterocycles. The van der Waals surface area contributed by atoms with Gasteiger partial charge in [-0.2, -0.15) is 0 Å². The first-order valence-corrected chi connectivity index (χ1v) is 8.69. The first kappa shape index (κ1) is 15.5. The zero-order valence-corrected chi connectivity index (χ0v) is 12.2. The van der Waals surface area contributed by atoms with E-state index in [9.17, 15) is 12.8 Å². The van der Waals surface area contributed by atoms with Crippen molar-refractivity contribution in [2.24, 2.45) is 0 Å². The molecule has 0 aromatic heterocycles. The molecule has 1 N–H and O–H groups in total. The monoisotopic (exact) mass is 291 g/mol. The molecule has 1 aromatic carbocycles. The lowest BCUT2D eigenvalue weighted by Gasteiger charge is -2.15. The van der Waals surface area contributed by atoms with Gasteiger partial charge in [-0.3, -0.25) is 0 Å². The maximum absolute atomic E-state index is 13.4. The molecule has 1 unspecified atom stereocenters. The standard InChI is InChI=1S/C12H18FNO2S2/c1-14-10(7-8-18(2,15)16)9-17-12-6-4-3-5-11(12)13/h3-6,10,14H,7-9H2,1-2H3. The Morgan fingerprint density at radius 2 is 2.06 bits per heavy atom. The third-order valence-electron chi connectivity index (χ3n) is 2.52. The molecular weight excluding hydrogens is 273 g/mol. The molecule has 0 fully saturated rings. The lowest BCUT2D eigenvalue weighted by molar-refractivity contribution is 0.571. The first-order chi connectivity index (χ1) is 8.42. The molecular formula is C12H18FNO2S2. The molecule has 1 atom stereocenters. The average Bonchev–Trinajstić information content (AvgIpc) is 2.30. The van der Waals surface area contributed by atoms with Crippen LogP contribution in [0.25, 0.3) is 0 Å². The van der Waals surface area contributed by atoms with Crippen molar-refractivity contribution in [3.05, 3.63) is 30.1 Å². The second kappa shape index (κ2) is 7.11. The summed E-state index contributed by atoms with van der Waals surface area (Å²) < 4.78 is 35.6. The predicted octanol–water partition coefficient (Wildman–Crippen LogP) is 1.94. The van der Waals surface area contributed by atoms with Gasteiger partial charge in [0.15, 0.2) is 0 Å². The quantitative estimate of drug-likeness (QED) is 0.780. The summed E-state index contributed by atoms with van der Waals surface area (Å²) in [6.07, 6.45) is 1.76. The lowest BCUT2D eigenvalue weighted by Crippen LogP contribution is -2.30. The molecule has 0 saturated carbocycles. The summed E-state index contributed by atoms with van der Waals surface area (Å²) in [4.78, 5) is 0.595. The molecule has 1 rings (SSSR count). The summed E-state index contributed by atoms with van der Waals surface area (Å²) >= 11 is 1.40. The van der Waals surface area contributed by atoms with Gasteiger partial charge in [-0.25, -0.2) is 12.8 Å². The van der Waals surface area contributed by atoms with Gasteiger partial charge in [0.25, 0.3) is 0 Å². The van der Waals surface area contributed by atoms with E-state index in [-0.39, 0.29) is 17.6 Å². The van der Waals surface area contributed by atoms with E-state index in [4.69, 9.17) is 0 Å². The Balaban J connectivity index is 2.47. The Hall–Kier alpha value is -0.590. The molecule has 102 valence electrons. The number of thioether (sulfide) groups is 1. The third-order valence-corrected chi connectivity index (χ3v) is 4.71. The van der Waals surface area contributed by atoms with Gasteiger partial charge in [-0.15, -0.1) is 11.8 Å². The Morgan fingerprint density at radius 1 is 1.39 bits per heavy atom. The van der Waals surface area contributed by atoms with Crippen molar-refractivity contribution in [1.82, 2.24) is 5.32 Å². The molecule has 0 aliphatic rings. The second-order valence-electron chi connectivity index (χ2n) is 4.15. The van der Waals surface area contributed by atoms with Crippen LogP contribution >= 0.6 is 11.8 Å². The average molecular weight is 291 g/mol. The predicted molar refractivity (Wildman–Crippen MR) is 74.3 cm³/mol. The number of rotatable bonds is 7. The molecule has 6 heteroatoms. The highest BCUT2D eigenvalue weighted by Crippen LogP contribution is 2.22. The normalized spacial score (nSPS) is 13.5.